The fraction of sp³-hybridized carbons (Fsp3) is 0.444. The number of carbonyl (C=O) groups is 3. The molecule has 2 aromatic carbocycles. The Labute approximate surface area is 298 Å². The van der Waals surface area contributed by atoms with Crippen molar-refractivity contribution in [2.45, 2.75) is 112 Å². The number of thiophene rings is 1. The Bertz CT molecular complexity index is 1730. The zero-order valence-electron chi connectivity index (χ0n) is 28.8. The average Bonchev–Trinajstić information content (AvgIpc) is 3.45. The van der Waals surface area contributed by atoms with Gasteiger partial charge in [-0.2, -0.15) is 5.10 Å². The smallest absolute Gasteiger partial charge is 0.428 e. The highest BCUT2D eigenvalue weighted by Gasteiger charge is 2.25. The number of carboxylic acids is 1. The predicted molar refractivity (Wildman–Crippen MR) is 198 cm³/mol. The molecule has 0 aliphatic heterocycles. The van der Waals surface area contributed by atoms with Crippen LogP contribution < -0.4 is 10.7 Å². The Hall–Kier alpha value is -3.68. The quantitative estimate of drug-likeness (QED) is 0.0508. The van der Waals surface area contributed by atoms with E-state index in [1.165, 1.54) is 29.3 Å². The van der Waals surface area contributed by atoms with E-state index >= 15 is 0 Å². The summed E-state index contributed by atoms with van der Waals surface area (Å²) in [4.78, 5) is 36.3. The first kappa shape index (κ1) is 39.8. The number of benzene rings is 2. The van der Waals surface area contributed by atoms with Crippen molar-refractivity contribution in [1.82, 2.24) is 5.43 Å². The molecular weight excluding hydrogens is 683 g/mol. The average molecular weight is 730 g/mol. The van der Waals surface area contributed by atoms with E-state index in [0.717, 1.165) is 62.5 Å². The van der Waals surface area contributed by atoms with Gasteiger partial charge in [-0.25, -0.2) is 18.6 Å². The third kappa shape index (κ3) is 12.9. The molecule has 0 fully saturated rings. The fourth-order valence-electron chi connectivity index (χ4n) is 5.15. The van der Waals surface area contributed by atoms with E-state index in [0.29, 0.717) is 26.8 Å². The summed E-state index contributed by atoms with van der Waals surface area (Å²) in [6, 6.07) is 13.9. The highest BCUT2D eigenvalue weighted by molar-refractivity contribution is 8.01. The van der Waals surface area contributed by atoms with E-state index in [9.17, 15) is 22.8 Å². The van der Waals surface area contributed by atoms with Crippen molar-refractivity contribution < 1.29 is 32.6 Å². The highest BCUT2D eigenvalue weighted by atomic mass is 32.2. The molecule has 10 nitrogen and oxygen atoms in total. The third-order valence-corrected chi connectivity index (χ3v) is 11.7. The first-order valence-corrected chi connectivity index (χ1v) is 19.9. The molecule has 0 aliphatic carbocycles. The molecular formula is C36H47N3O7S3. The molecule has 1 heterocycles. The predicted octanol–water partition coefficient (Wildman–Crippen LogP) is 9.06. The van der Waals surface area contributed by atoms with Crippen molar-refractivity contribution in [3.05, 3.63) is 59.0 Å². The lowest BCUT2D eigenvalue weighted by molar-refractivity contribution is -0.137. The number of carboxylic acid groups (broad SMARTS) is 1. The topological polar surface area (TPSA) is 151 Å². The summed E-state index contributed by atoms with van der Waals surface area (Å²) in [7, 11) is -3.93. The zero-order valence-corrected chi connectivity index (χ0v) is 31.3. The molecule has 3 aromatic rings. The molecule has 0 radical (unpaired) electrons. The lowest BCUT2D eigenvalue weighted by Crippen LogP contribution is -2.29. The monoisotopic (exact) mass is 729 g/mol. The zero-order chi connectivity index (χ0) is 36.0. The van der Waals surface area contributed by atoms with E-state index in [2.05, 4.69) is 15.8 Å². The van der Waals surface area contributed by atoms with E-state index in [1.54, 1.807) is 51.3 Å². The number of rotatable bonds is 18. The summed E-state index contributed by atoms with van der Waals surface area (Å²) in [6.07, 6.45) is 10.7. The van der Waals surface area contributed by atoms with Crippen LogP contribution in [-0.2, 0) is 24.2 Å². The number of thioether (sulfide) groups is 1. The Morgan fingerprint density at radius 2 is 1.57 bits per heavy atom. The van der Waals surface area contributed by atoms with Gasteiger partial charge < -0.3 is 15.2 Å². The van der Waals surface area contributed by atoms with Crippen molar-refractivity contribution >= 4 is 62.8 Å². The molecule has 0 saturated heterocycles. The summed E-state index contributed by atoms with van der Waals surface area (Å²) >= 11 is 2.56. The van der Waals surface area contributed by atoms with E-state index in [-0.39, 0.29) is 22.1 Å². The number of unbranched alkanes of at least 4 members (excludes halogenated alkanes) is 7. The number of hydrogen-bond donors (Lipinski definition) is 3. The van der Waals surface area contributed by atoms with Crippen LogP contribution in [0, 0.1) is 6.92 Å². The lowest BCUT2D eigenvalue weighted by Gasteiger charge is -2.18. The van der Waals surface area contributed by atoms with Gasteiger partial charge in [0.2, 0.25) is 15.7 Å². The number of carbonyl (C=O) groups excluding carboxylic acids is 2. The molecule has 0 aliphatic rings. The molecule has 0 unspecified atom stereocenters. The minimum absolute atomic E-state index is 0.0949. The van der Waals surface area contributed by atoms with Crippen molar-refractivity contribution in [3.63, 3.8) is 0 Å². The molecule has 0 bridgehead atoms. The van der Waals surface area contributed by atoms with Gasteiger partial charge in [0.25, 0.3) is 0 Å². The van der Waals surface area contributed by atoms with Gasteiger partial charge in [-0.05, 0) is 82.2 Å². The molecule has 3 N–H and O–H groups in total. The number of nitrogens with one attached hydrogen (secondary N) is 2. The standard InChI is InChI=1S/C36H47N3O7S3/c1-25-16-14-19-29(38-31(40)20-12-10-8-6-7-9-11-13-21-32(41)42)33(25)26-17-15-18-28(22-26)49(44,45)30-23-27(48-34(30)47-5)24-37-39-35(43)46-36(2,3)4/h14-19,22-24H,6-13,20-21H2,1-5H3,(H,38,40)(H,39,43)(H,41,42). The molecule has 0 spiro atoms. The highest BCUT2D eigenvalue weighted by Crippen LogP contribution is 2.38. The normalized spacial score (nSPS) is 11.9. The molecule has 0 saturated carbocycles. The maximum Gasteiger partial charge on any atom is 0.428 e. The maximum absolute atomic E-state index is 13.9. The van der Waals surface area contributed by atoms with Gasteiger partial charge in [0.1, 0.15) is 5.60 Å². The summed E-state index contributed by atoms with van der Waals surface area (Å²) in [6.45, 7) is 7.15. The number of nitrogens with zero attached hydrogens (tertiary/aromatic N) is 1. The Balaban J connectivity index is 1.68. The van der Waals surface area contributed by atoms with Crippen LogP contribution in [0.25, 0.3) is 11.1 Å². The lowest BCUT2D eigenvalue weighted by atomic mass is 9.98. The molecule has 2 amide bonds. The SMILES string of the molecule is CSc1sc(C=NNC(=O)OC(C)(C)C)cc1S(=O)(=O)c1cccc(-c2c(C)cccc2NC(=O)CCCCCCCCCCC(=O)O)c1. The van der Waals surface area contributed by atoms with Crippen molar-refractivity contribution in [1.29, 1.82) is 0 Å². The summed E-state index contributed by atoms with van der Waals surface area (Å²) in [5, 5.41) is 15.7. The van der Waals surface area contributed by atoms with E-state index < -0.39 is 27.5 Å². The van der Waals surface area contributed by atoms with E-state index in [1.807, 2.05) is 31.2 Å². The fourth-order valence-corrected chi connectivity index (χ4v) is 9.09. The van der Waals surface area contributed by atoms with Crippen LogP contribution >= 0.6 is 23.1 Å². The number of aryl methyl sites for hydroxylation is 1. The minimum Gasteiger partial charge on any atom is -0.481 e. The second kappa shape index (κ2) is 18.9. The molecule has 49 heavy (non-hydrogen) atoms. The van der Waals surface area contributed by atoms with Crippen LogP contribution in [-0.4, -0.2) is 49.6 Å². The molecule has 1 aromatic heterocycles. The van der Waals surface area contributed by atoms with E-state index in [4.69, 9.17) is 9.84 Å². The van der Waals surface area contributed by atoms with Crippen LogP contribution in [0.3, 0.4) is 0 Å². The van der Waals surface area contributed by atoms with Gasteiger partial charge in [0.15, 0.2) is 0 Å². The van der Waals surface area contributed by atoms with Gasteiger partial charge in [-0.15, -0.1) is 23.1 Å². The minimum atomic E-state index is -3.93. The van der Waals surface area contributed by atoms with Gasteiger partial charge in [0.05, 0.1) is 20.2 Å². The second-order valence-electron chi connectivity index (χ2n) is 12.7. The summed E-state index contributed by atoms with van der Waals surface area (Å²) in [5.74, 6) is -0.839. The van der Waals surface area contributed by atoms with Gasteiger partial charge in [-0.3, -0.25) is 9.59 Å². The second-order valence-corrected chi connectivity index (χ2v) is 16.8. The summed E-state index contributed by atoms with van der Waals surface area (Å²) < 4.78 is 33.7. The number of hydrazone groups is 1. The first-order chi connectivity index (χ1) is 23.2. The Morgan fingerprint density at radius 1 is 0.939 bits per heavy atom. The van der Waals surface area contributed by atoms with Crippen molar-refractivity contribution in [2.75, 3.05) is 11.6 Å². The summed E-state index contributed by atoms with van der Waals surface area (Å²) in [5.41, 5.74) is 4.56. The number of anilines is 1. The van der Waals surface area contributed by atoms with Crippen molar-refractivity contribution in [3.8, 4) is 11.1 Å². The number of aliphatic carboxylic acids is 1. The maximum atomic E-state index is 13.9. The number of sulfone groups is 1. The Morgan fingerprint density at radius 3 is 2.20 bits per heavy atom. The largest absolute Gasteiger partial charge is 0.481 e. The number of amides is 2. The van der Waals surface area contributed by atoms with Gasteiger partial charge in [-0.1, -0.05) is 62.8 Å². The first-order valence-electron chi connectivity index (χ1n) is 16.4. The number of ether oxygens (including phenoxy) is 1. The van der Waals surface area contributed by atoms with Crippen LogP contribution in [0.4, 0.5) is 10.5 Å². The molecule has 3 rings (SSSR count). The molecule has 0 atom stereocenters. The molecule has 266 valence electrons. The van der Waals surface area contributed by atoms with Crippen molar-refractivity contribution in [2.24, 2.45) is 5.10 Å². The van der Waals surface area contributed by atoms with Gasteiger partial charge in [0, 0.05) is 29.0 Å². The third-order valence-electron chi connectivity index (χ3n) is 7.43. The van der Waals surface area contributed by atoms with Gasteiger partial charge >= 0.3 is 12.1 Å². The molecule has 13 heteroatoms. The van der Waals surface area contributed by atoms with Crippen LogP contribution in [0.1, 0.15) is 95.4 Å². The van der Waals surface area contributed by atoms with Crippen LogP contribution in [0.5, 0.6) is 0 Å². The van der Waals surface area contributed by atoms with Crippen LogP contribution in [0.2, 0.25) is 0 Å². The van der Waals surface area contributed by atoms with Crippen LogP contribution in [0.15, 0.2) is 67.6 Å². The Kier molecular flexibility index (Phi) is 15.3. The number of hydrogen-bond acceptors (Lipinski definition) is 9.